The first-order chi connectivity index (χ1) is 16.6. The lowest BCUT2D eigenvalue weighted by atomic mass is 9.99. The van der Waals surface area contributed by atoms with Crippen molar-refractivity contribution < 1.29 is 31.8 Å². The Kier molecular flexibility index (Phi) is 5.74. The van der Waals surface area contributed by atoms with E-state index in [1.165, 1.54) is 12.1 Å². The third kappa shape index (κ3) is 4.24. The van der Waals surface area contributed by atoms with Crippen LogP contribution in [0.1, 0.15) is 43.3 Å². The Morgan fingerprint density at radius 1 is 1.11 bits per heavy atom. The number of benzene rings is 2. The maximum absolute atomic E-state index is 15.2. The summed E-state index contributed by atoms with van der Waals surface area (Å²) in [7, 11) is 0. The molecule has 186 valence electrons. The molecule has 6 nitrogen and oxygen atoms in total. The van der Waals surface area contributed by atoms with Gasteiger partial charge >= 0.3 is 0 Å². The number of hydrogen-bond acceptors (Lipinski definition) is 6. The van der Waals surface area contributed by atoms with Crippen LogP contribution in [0.25, 0.3) is 10.9 Å². The van der Waals surface area contributed by atoms with Gasteiger partial charge < -0.3 is 19.5 Å². The van der Waals surface area contributed by atoms with E-state index in [0.717, 1.165) is 6.07 Å². The van der Waals surface area contributed by atoms with E-state index in [9.17, 15) is 13.2 Å². The van der Waals surface area contributed by atoms with Crippen LogP contribution in [0, 0.1) is 12.7 Å². The zero-order valence-electron chi connectivity index (χ0n) is 19.5. The molecule has 0 radical (unpaired) electrons. The largest absolute Gasteiger partial charge is 0.487 e. The van der Waals surface area contributed by atoms with Crippen molar-refractivity contribution >= 4 is 16.7 Å². The third-order valence-corrected chi connectivity index (χ3v) is 6.23. The first kappa shape index (κ1) is 23.6. The number of fused-ring (bicyclic) bond motifs is 2. The molecule has 1 fully saturated rings. The number of rotatable bonds is 4. The van der Waals surface area contributed by atoms with Crippen LogP contribution in [0.3, 0.4) is 0 Å². The molecule has 5 rings (SSSR count). The van der Waals surface area contributed by atoms with Crippen molar-refractivity contribution in [3.05, 3.63) is 53.1 Å². The lowest BCUT2D eigenvalue weighted by molar-refractivity contribution is 0.0404. The summed E-state index contributed by atoms with van der Waals surface area (Å²) in [6, 6.07) is 6.67. The molecular formula is C25H25F4N3O3. The summed E-state index contributed by atoms with van der Waals surface area (Å²) in [5, 5.41) is 3.74. The second-order valence-corrected chi connectivity index (χ2v) is 9.04. The van der Waals surface area contributed by atoms with Gasteiger partial charge in [0.25, 0.3) is 5.92 Å². The Labute approximate surface area is 199 Å². The van der Waals surface area contributed by atoms with Crippen molar-refractivity contribution in [1.82, 2.24) is 9.97 Å². The maximum Gasteiger partial charge on any atom is 0.289 e. The zero-order chi connectivity index (χ0) is 25.0. The quantitative estimate of drug-likeness (QED) is 0.477. The molecule has 1 aliphatic carbocycles. The number of ether oxygens (including phenoxy) is 3. The highest BCUT2D eigenvalue weighted by Gasteiger charge is 2.75. The molecule has 1 aromatic heterocycles. The van der Waals surface area contributed by atoms with Crippen molar-refractivity contribution in [2.24, 2.45) is 0 Å². The van der Waals surface area contributed by atoms with Gasteiger partial charge in [-0.25, -0.2) is 27.5 Å². The monoisotopic (exact) mass is 491 g/mol. The molecule has 2 aliphatic rings. The molecule has 0 saturated heterocycles. The van der Waals surface area contributed by atoms with E-state index >= 15 is 4.39 Å². The Bertz CT molecular complexity index is 1290. The van der Waals surface area contributed by atoms with Gasteiger partial charge in [-0.2, -0.15) is 0 Å². The van der Waals surface area contributed by atoms with Gasteiger partial charge in [-0.15, -0.1) is 0 Å². The summed E-state index contributed by atoms with van der Waals surface area (Å²) >= 11 is 0. The minimum atomic E-state index is -3.57. The standard InChI is InChI=1S/C25H25F4N3O3/c1-13-11-33-7-8-34-20-10-19-17(9-21(20)35-13)23(32-15(3)31-19)30-14(2)16-5-4-6-18(22(16)26)24(27)12-25(24,28)29/h4-6,9-10,13-14H,7-8,11-12H2,1-3H3,(H,30,31,32). The highest BCUT2D eigenvalue weighted by molar-refractivity contribution is 5.92. The van der Waals surface area contributed by atoms with E-state index in [2.05, 4.69) is 15.3 Å². The van der Waals surface area contributed by atoms with E-state index in [4.69, 9.17) is 14.2 Å². The van der Waals surface area contributed by atoms with Crippen LogP contribution in [0.2, 0.25) is 0 Å². The number of aryl methyl sites for hydroxylation is 1. The van der Waals surface area contributed by atoms with Crippen molar-refractivity contribution in [3.63, 3.8) is 0 Å². The summed E-state index contributed by atoms with van der Waals surface area (Å²) in [6.45, 7) is 6.42. The molecule has 2 heterocycles. The summed E-state index contributed by atoms with van der Waals surface area (Å²) in [6.07, 6.45) is -1.24. The van der Waals surface area contributed by atoms with Gasteiger partial charge in [0.2, 0.25) is 5.67 Å². The molecule has 2 aromatic carbocycles. The molecule has 0 spiro atoms. The van der Waals surface area contributed by atoms with E-state index in [1.54, 1.807) is 26.0 Å². The van der Waals surface area contributed by atoms with Crippen molar-refractivity contribution in [3.8, 4) is 11.5 Å². The molecule has 35 heavy (non-hydrogen) atoms. The van der Waals surface area contributed by atoms with Gasteiger partial charge in [0.15, 0.2) is 11.5 Å². The predicted octanol–water partition coefficient (Wildman–Crippen LogP) is 5.63. The molecule has 3 aromatic rings. The number of nitrogens with one attached hydrogen (secondary N) is 1. The molecular weight excluding hydrogens is 466 g/mol. The Morgan fingerprint density at radius 3 is 2.63 bits per heavy atom. The Balaban J connectivity index is 1.51. The average Bonchev–Trinajstić information content (AvgIpc) is 3.28. The number of anilines is 1. The first-order valence-electron chi connectivity index (χ1n) is 11.4. The normalized spacial score (nSPS) is 24.3. The Hall–Kier alpha value is -3.14. The fraction of sp³-hybridized carbons (Fsp3) is 0.440. The van der Waals surface area contributed by atoms with Crippen LogP contribution in [-0.4, -0.2) is 41.8 Å². The summed E-state index contributed by atoms with van der Waals surface area (Å²) in [5.41, 5.74) is -2.97. The highest BCUT2D eigenvalue weighted by Crippen LogP contribution is 2.63. The first-order valence-corrected chi connectivity index (χ1v) is 11.4. The lowest BCUT2D eigenvalue weighted by Gasteiger charge is -2.20. The fourth-order valence-corrected chi connectivity index (χ4v) is 4.31. The number of aromatic nitrogens is 2. The van der Waals surface area contributed by atoms with Crippen molar-refractivity contribution in [2.45, 2.75) is 50.9 Å². The molecule has 10 heteroatoms. The molecule has 1 aliphatic heterocycles. The van der Waals surface area contributed by atoms with Gasteiger partial charge in [0, 0.05) is 22.6 Å². The topological polar surface area (TPSA) is 65.5 Å². The molecule has 3 unspecified atom stereocenters. The van der Waals surface area contributed by atoms with E-state index in [-0.39, 0.29) is 11.7 Å². The van der Waals surface area contributed by atoms with Gasteiger partial charge in [0.05, 0.1) is 31.2 Å². The molecule has 0 bridgehead atoms. The zero-order valence-corrected chi connectivity index (χ0v) is 19.5. The fourth-order valence-electron chi connectivity index (χ4n) is 4.31. The van der Waals surface area contributed by atoms with Crippen LogP contribution in [0.4, 0.5) is 23.4 Å². The maximum atomic E-state index is 15.2. The second-order valence-electron chi connectivity index (χ2n) is 9.04. The van der Waals surface area contributed by atoms with E-state index in [0.29, 0.717) is 53.9 Å². The second kappa shape index (κ2) is 8.51. The minimum absolute atomic E-state index is 0.0553. The third-order valence-electron chi connectivity index (χ3n) is 6.23. The van der Waals surface area contributed by atoms with Crippen LogP contribution in [0.5, 0.6) is 11.5 Å². The van der Waals surface area contributed by atoms with Crippen LogP contribution >= 0.6 is 0 Å². The van der Waals surface area contributed by atoms with Crippen molar-refractivity contribution in [2.75, 3.05) is 25.1 Å². The van der Waals surface area contributed by atoms with E-state index in [1.807, 2.05) is 6.92 Å². The van der Waals surface area contributed by atoms with Gasteiger partial charge in [-0.05, 0) is 26.8 Å². The summed E-state index contributed by atoms with van der Waals surface area (Å²) in [5.74, 6) is -2.70. The van der Waals surface area contributed by atoms with E-state index < -0.39 is 35.4 Å². The Morgan fingerprint density at radius 2 is 1.89 bits per heavy atom. The van der Waals surface area contributed by atoms with Crippen LogP contribution < -0.4 is 14.8 Å². The minimum Gasteiger partial charge on any atom is -0.487 e. The molecule has 3 atom stereocenters. The number of halogens is 4. The number of alkyl halides is 3. The van der Waals surface area contributed by atoms with Gasteiger partial charge in [-0.3, -0.25) is 0 Å². The molecule has 1 N–H and O–H groups in total. The predicted molar refractivity (Wildman–Crippen MR) is 121 cm³/mol. The average molecular weight is 491 g/mol. The van der Waals surface area contributed by atoms with Gasteiger partial charge in [0.1, 0.15) is 30.2 Å². The summed E-state index contributed by atoms with van der Waals surface area (Å²) < 4.78 is 74.3. The molecule has 1 saturated carbocycles. The van der Waals surface area contributed by atoms with Gasteiger partial charge in [-0.1, -0.05) is 18.2 Å². The SMILES string of the molecule is Cc1nc(NC(C)c2cccc(C3(F)CC3(F)F)c2F)c2cc3c(cc2n1)OCCOCC(C)O3. The number of nitrogens with zero attached hydrogens (tertiary/aromatic N) is 2. The molecule has 0 amide bonds. The number of hydrogen-bond donors (Lipinski definition) is 1. The van der Waals surface area contributed by atoms with Crippen LogP contribution in [0.15, 0.2) is 30.3 Å². The smallest absolute Gasteiger partial charge is 0.289 e. The summed E-state index contributed by atoms with van der Waals surface area (Å²) in [4.78, 5) is 8.96. The van der Waals surface area contributed by atoms with Crippen LogP contribution in [-0.2, 0) is 10.4 Å². The lowest BCUT2D eigenvalue weighted by Crippen LogP contribution is -2.19. The highest BCUT2D eigenvalue weighted by atomic mass is 19.3. The van der Waals surface area contributed by atoms with Crippen molar-refractivity contribution in [1.29, 1.82) is 0 Å².